The molecule has 2 heterocycles. The molecule has 0 radical (unpaired) electrons. The highest BCUT2D eigenvalue weighted by Crippen LogP contribution is 2.24. The first kappa shape index (κ1) is 18.5. The van der Waals surface area contributed by atoms with Gasteiger partial charge in [-0.3, -0.25) is 9.78 Å². The smallest absolute Gasteiger partial charge is 0.230 e. The van der Waals surface area contributed by atoms with Crippen molar-refractivity contribution in [3.05, 3.63) is 36.4 Å². The van der Waals surface area contributed by atoms with E-state index in [0.717, 1.165) is 22.8 Å². The highest BCUT2D eigenvalue weighted by Gasteiger charge is 2.24. The van der Waals surface area contributed by atoms with Crippen LogP contribution < -0.4 is 4.90 Å². The Balaban J connectivity index is 2.21. The normalized spacial score (nSPS) is 12.4. The van der Waals surface area contributed by atoms with E-state index >= 15 is 0 Å². The Kier molecular flexibility index (Phi) is 6.43. The second-order valence-corrected chi connectivity index (χ2v) is 7.73. The molecule has 0 aliphatic heterocycles. The maximum atomic E-state index is 12.8. The predicted octanol–water partition coefficient (Wildman–Crippen LogP) is 3.71. The number of thioether (sulfide) groups is 1. The molecule has 0 N–H and O–H groups in total. The maximum absolute atomic E-state index is 12.8. The van der Waals surface area contributed by atoms with Gasteiger partial charge in [0.2, 0.25) is 5.91 Å². The molecular formula is C18H26N4OS. The van der Waals surface area contributed by atoms with Gasteiger partial charge in [0, 0.05) is 24.4 Å². The van der Waals surface area contributed by atoms with E-state index in [2.05, 4.69) is 23.9 Å². The summed E-state index contributed by atoms with van der Waals surface area (Å²) in [5.41, 5.74) is 2.60. The van der Waals surface area contributed by atoms with Gasteiger partial charge in [-0.15, -0.1) is 0 Å². The molecule has 2 rings (SSSR count). The molecule has 0 aromatic carbocycles. The third kappa shape index (κ3) is 4.38. The SMILES string of the molecule is CCN(C(=O)C(C)CSC(C)C)c1cn(-c2cccnc2)nc1C. The molecule has 0 aliphatic carbocycles. The highest BCUT2D eigenvalue weighted by molar-refractivity contribution is 7.99. The molecule has 1 atom stereocenters. The molecule has 0 saturated carbocycles. The van der Waals surface area contributed by atoms with Crippen LogP contribution in [0.5, 0.6) is 0 Å². The highest BCUT2D eigenvalue weighted by atomic mass is 32.2. The van der Waals surface area contributed by atoms with Crippen LogP contribution in [0.3, 0.4) is 0 Å². The van der Waals surface area contributed by atoms with Crippen molar-refractivity contribution in [2.45, 2.75) is 39.9 Å². The lowest BCUT2D eigenvalue weighted by Crippen LogP contribution is -2.36. The Hall–Kier alpha value is -1.82. The molecule has 5 nitrogen and oxygen atoms in total. The van der Waals surface area contributed by atoms with Gasteiger partial charge < -0.3 is 4.90 Å². The molecule has 0 saturated heterocycles. The number of carbonyl (C=O) groups is 1. The van der Waals surface area contributed by atoms with Crippen LogP contribution >= 0.6 is 11.8 Å². The Morgan fingerprint density at radius 1 is 1.38 bits per heavy atom. The van der Waals surface area contributed by atoms with E-state index in [1.165, 1.54) is 0 Å². The van der Waals surface area contributed by atoms with Gasteiger partial charge in [-0.2, -0.15) is 16.9 Å². The van der Waals surface area contributed by atoms with Crippen molar-refractivity contribution in [2.24, 2.45) is 5.92 Å². The monoisotopic (exact) mass is 346 g/mol. The Bertz CT molecular complexity index is 669. The van der Waals surface area contributed by atoms with Crippen LogP contribution in [0.15, 0.2) is 30.7 Å². The molecular weight excluding hydrogens is 320 g/mol. The summed E-state index contributed by atoms with van der Waals surface area (Å²) in [6.07, 6.45) is 5.41. The number of amides is 1. The predicted molar refractivity (Wildman–Crippen MR) is 101 cm³/mol. The molecule has 2 aromatic rings. The van der Waals surface area contributed by atoms with Crippen LogP contribution in [0.1, 0.15) is 33.4 Å². The van der Waals surface area contributed by atoms with E-state index in [1.807, 2.05) is 55.8 Å². The van der Waals surface area contributed by atoms with Crippen LogP contribution in [-0.2, 0) is 4.79 Å². The van der Waals surface area contributed by atoms with Gasteiger partial charge in [0.05, 0.1) is 29.5 Å². The van der Waals surface area contributed by atoms with Crippen molar-refractivity contribution in [1.29, 1.82) is 0 Å². The molecule has 0 fully saturated rings. The quantitative estimate of drug-likeness (QED) is 0.767. The molecule has 0 bridgehead atoms. The van der Waals surface area contributed by atoms with Crippen molar-refractivity contribution in [1.82, 2.24) is 14.8 Å². The van der Waals surface area contributed by atoms with E-state index in [1.54, 1.807) is 17.1 Å². The van der Waals surface area contributed by atoms with Gasteiger partial charge in [-0.25, -0.2) is 4.68 Å². The number of anilines is 1. The van der Waals surface area contributed by atoms with Crippen LogP contribution in [0.25, 0.3) is 5.69 Å². The largest absolute Gasteiger partial charge is 0.309 e. The second kappa shape index (κ2) is 8.33. The summed E-state index contributed by atoms with van der Waals surface area (Å²) < 4.78 is 1.78. The van der Waals surface area contributed by atoms with Gasteiger partial charge in [0.15, 0.2) is 0 Å². The van der Waals surface area contributed by atoms with Crippen LogP contribution in [0, 0.1) is 12.8 Å². The first-order chi connectivity index (χ1) is 11.4. The Labute approximate surface area is 148 Å². The number of hydrogen-bond acceptors (Lipinski definition) is 4. The summed E-state index contributed by atoms with van der Waals surface area (Å²) in [6, 6.07) is 3.82. The zero-order valence-corrected chi connectivity index (χ0v) is 15.9. The molecule has 2 aromatic heterocycles. The van der Waals surface area contributed by atoms with Gasteiger partial charge in [0.1, 0.15) is 0 Å². The number of carbonyl (C=O) groups excluding carboxylic acids is 1. The van der Waals surface area contributed by atoms with Crippen LogP contribution in [-0.4, -0.2) is 38.2 Å². The van der Waals surface area contributed by atoms with Crippen molar-refractivity contribution in [2.75, 3.05) is 17.2 Å². The van der Waals surface area contributed by atoms with Crippen molar-refractivity contribution in [3.63, 3.8) is 0 Å². The van der Waals surface area contributed by atoms with Crippen molar-refractivity contribution >= 4 is 23.4 Å². The maximum Gasteiger partial charge on any atom is 0.230 e. The Morgan fingerprint density at radius 3 is 2.71 bits per heavy atom. The first-order valence-corrected chi connectivity index (χ1v) is 9.38. The van der Waals surface area contributed by atoms with E-state index < -0.39 is 0 Å². The standard InChI is InChI=1S/C18H26N4OS/c1-6-21(18(23)14(4)12-24-13(2)3)17-11-22(20-15(17)5)16-8-7-9-19-10-16/h7-11,13-14H,6,12H2,1-5H3. The summed E-state index contributed by atoms with van der Waals surface area (Å²) >= 11 is 1.82. The average Bonchev–Trinajstić information content (AvgIpc) is 2.96. The van der Waals surface area contributed by atoms with Crippen LogP contribution in [0.2, 0.25) is 0 Å². The molecule has 1 unspecified atom stereocenters. The molecule has 0 aliphatic rings. The molecule has 130 valence electrons. The molecule has 6 heteroatoms. The van der Waals surface area contributed by atoms with Crippen LogP contribution in [0.4, 0.5) is 5.69 Å². The van der Waals surface area contributed by atoms with Gasteiger partial charge in [0.25, 0.3) is 0 Å². The van der Waals surface area contributed by atoms with E-state index in [0.29, 0.717) is 11.8 Å². The lowest BCUT2D eigenvalue weighted by atomic mass is 10.1. The fraction of sp³-hybridized carbons (Fsp3) is 0.500. The number of nitrogens with zero attached hydrogens (tertiary/aromatic N) is 4. The third-order valence-electron chi connectivity index (χ3n) is 3.76. The molecule has 0 spiro atoms. The number of rotatable bonds is 7. The van der Waals surface area contributed by atoms with E-state index in [4.69, 9.17) is 0 Å². The number of aromatic nitrogens is 3. The number of pyridine rings is 1. The summed E-state index contributed by atoms with van der Waals surface area (Å²) in [5, 5.41) is 5.08. The minimum atomic E-state index is -0.0153. The van der Waals surface area contributed by atoms with Crippen molar-refractivity contribution in [3.8, 4) is 5.69 Å². The topological polar surface area (TPSA) is 51.0 Å². The lowest BCUT2D eigenvalue weighted by Gasteiger charge is -2.24. The average molecular weight is 347 g/mol. The fourth-order valence-electron chi connectivity index (χ4n) is 2.46. The van der Waals surface area contributed by atoms with Gasteiger partial charge in [-0.1, -0.05) is 20.8 Å². The summed E-state index contributed by atoms with van der Waals surface area (Å²) in [7, 11) is 0. The zero-order valence-electron chi connectivity index (χ0n) is 15.1. The third-order valence-corrected chi connectivity index (χ3v) is 5.12. The number of hydrogen-bond donors (Lipinski definition) is 0. The van der Waals surface area contributed by atoms with Gasteiger partial charge >= 0.3 is 0 Å². The van der Waals surface area contributed by atoms with E-state index in [9.17, 15) is 4.79 Å². The molecule has 24 heavy (non-hydrogen) atoms. The number of aryl methyl sites for hydroxylation is 1. The Morgan fingerprint density at radius 2 is 2.12 bits per heavy atom. The van der Waals surface area contributed by atoms with Crippen molar-refractivity contribution < 1.29 is 4.79 Å². The zero-order chi connectivity index (χ0) is 17.7. The lowest BCUT2D eigenvalue weighted by molar-refractivity contribution is -0.121. The summed E-state index contributed by atoms with van der Waals surface area (Å²) in [5.74, 6) is 0.973. The first-order valence-electron chi connectivity index (χ1n) is 8.33. The fourth-order valence-corrected chi connectivity index (χ4v) is 3.27. The minimum absolute atomic E-state index is 0.0153. The minimum Gasteiger partial charge on any atom is -0.309 e. The second-order valence-electron chi connectivity index (χ2n) is 6.12. The molecule has 1 amide bonds. The van der Waals surface area contributed by atoms with E-state index in [-0.39, 0.29) is 11.8 Å². The van der Waals surface area contributed by atoms with Gasteiger partial charge in [-0.05, 0) is 31.2 Å². The summed E-state index contributed by atoms with van der Waals surface area (Å²) in [6.45, 7) is 10.9. The summed E-state index contributed by atoms with van der Waals surface area (Å²) in [4.78, 5) is 18.8.